The van der Waals surface area contributed by atoms with Gasteiger partial charge in [-0.1, -0.05) is 36.8 Å². The molecule has 2 aliphatic heterocycles. The molecule has 5 heteroatoms. The highest BCUT2D eigenvalue weighted by Crippen LogP contribution is 2.31. The van der Waals surface area contributed by atoms with Crippen LogP contribution >= 0.6 is 0 Å². The molecule has 2 aromatic rings. The van der Waals surface area contributed by atoms with Gasteiger partial charge in [-0.3, -0.25) is 4.79 Å². The lowest BCUT2D eigenvalue weighted by molar-refractivity contribution is 0.0252. The number of piperidine rings is 1. The van der Waals surface area contributed by atoms with Gasteiger partial charge in [-0.15, -0.1) is 0 Å². The van der Waals surface area contributed by atoms with Crippen LogP contribution in [0.25, 0.3) is 0 Å². The van der Waals surface area contributed by atoms with Crippen molar-refractivity contribution in [1.29, 1.82) is 0 Å². The number of ether oxygens (including phenoxy) is 1. The molecule has 1 fully saturated rings. The third-order valence-electron chi connectivity index (χ3n) is 5.77. The van der Waals surface area contributed by atoms with Crippen molar-refractivity contribution in [2.75, 3.05) is 19.6 Å². The van der Waals surface area contributed by atoms with E-state index in [1.165, 1.54) is 19.3 Å². The first-order valence-electron chi connectivity index (χ1n) is 10.5. The summed E-state index contributed by atoms with van der Waals surface area (Å²) in [6, 6.07) is 15.1. The van der Waals surface area contributed by atoms with Gasteiger partial charge in [-0.05, 0) is 62.2 Å². The monoisotopic (exact) mass is 392 g/mol. The predicted molar refractivity (Wildman–Crippen MR) is 112 cm³/mol. The van der Waals surface area contributed by atoms with Gasteiger partial charge in [-0.25, -0.2) is 4.79 Å². The van der Waals surface area contributed by atoms with Gasteiger partial charge in [0.05, 0.1) is 5.56 Å². The Morgan fingerprint density at radius 1 is 1.14 bits per heavy atom. The molecule has 2 heterocycles. The number of fused-ring (bicyclic) bond motifs is 1. The van der Waals surface area contributed by atoms with E-state index in [-0.39, 0.29) is 24.0 Å². The Hall–Kier alpha value is -2.66. The zero-order chi connectivity index (χ0) is 20.2. The first kappa shape index (κ1) is 19.6. The molecule has 2 unspecified atom stereocenters. The number of nitrogens with zero attached hydrogens (tertiary/aromatic N) is 1. The number of hydrogen-bond donors (Lipinski definition) is 1. The Morgan fingerprint density at radius 2 is 1.90 bits per heavy atom. The minimum atomic E-state index is -0.328. The molecule has 0 spiro atoms. The molecular weight excluding hydrogens is 364 g/mol. The van der Waals surface area contributed by atoms with Gasteiger partial charge < -0.3 is 15.0 Å². The number of rotatable bonds is 5. The third kappa shape index (κ3) is 4.67. The molecule has 0 saturated carbocycles. The summed E-state index contributed by atoms with van der Waals surface area (Å²) in [5.41, 5.74) is 2.98. The highest BCUT2D eigenvalue weighted by atomic mass is 16.5. The molecule has 1 amide bonds. The first-order chi connectivity index (χ1) is 14.1. The lowest BCUT2D eigenvalue weighted by atomic mass is 9.93. The zero-order valence-corrected chi connectivity index (χ0v) is 16.9. The van der Waals surface area contributed by atoms with Gasteiger partial charge in [0.2, 0.25) is 0 Å². The molecule has 5 nitrogen and oxygen atoms in total. The van der Waals surface area contributed by atoms with Crippen LogP contribution in [-0.2, 0) is 11.2 Å². The topological polar surface area (TPSA) is 58.6 Å². The van der Waals surface area contributed by atoms with E-state index in [0.717, 1.165) is 30.8 Å². The lowest BCUT2D eigenvalue weighted by Crippen LogP contribution is -2.43. The van der Waals surface area contributed by atoms with Crippen molar-refractivity contribution < 1.29 is 14.3 Å². The quantitative estimate of drug-likeness (QED) is 0.788. The molecule has 0 aromatic heterocycles. The summed E-state index contributed by atoms with van der Waals surface area (Å²) in [6.07, 6.45) is 4.05. The van der Waals surface area contributed by atoms with Gasteiger partial charge >= 0.3 is 5.97 Å². The molecule has 4 rings (SSSR count). The molecule has 0 aliphatic carbocycles. The Labute approximate surface area is 172 Å². The number of nitrogens with one attached hydrogen (secondary N) is 1. The average molecular weight is 392 g/mol. The van der Waals surface area contributed by atoms with Crippen LogP contribution in [-0.4, -0.2) is 42.5 Å². The summed E-state index contributed by atoms with van der Waals surface area (Å²) in [4.78, 5) is 27.6. The van der Waals surface area contributed by atoms with Crippen molar-refractivity contribution >= 4 is 11.9 Å². The summed E-state index contributed by atoms with van der Waals surface area (Å²) in [5.74, 6) is -0.418. The van der Waals surface area contributed by atoms with E-state index in [1.54, 1.807) is 12.1 Å². The lowest BCUT2D eigenvalue weighted by Gasteiger charge is -2.29. The van der Waals surface area contributed by atoms with E-state index >= 15 is 0 Å². The van der Waals surface area contributed by atoms with Gasteiger partial charge in [0.15, 0.2) is 0 Å². The van der Waals surface area contributed by atoms with Crippen molar-refractivity contribution in [2.24, 2.45) is 0 Å². The number of cyclic esters (lactones) is 1. The van der Waals surface area contributed by atoms with Gasteiger partial charge in [-0.2, -0.15) is 0 Å². The van der Waals surface area contributed by atoms with E-state index < -0.39 is 0 Å². The standard InChI is InChI=1S/C24H28N2O3/c1-17(16-26-12-6-3-7-13-26)25-23(27)19-10-11-21-20(14-19)15-22(29-24(21)28)18-8-4-2-5-9-18/h2,4-5,8-11,14,17,22H,3,6-7,12-13,15-16H2,1H3,(H,25,27). The molecule has 1 saturated heterocycles. The molecule has 0 bridgehead atoms. The Kier molecular flexibility index (Phi) is 5.95. The summed E-state index contributed by atoms with van der Waals surface area (Å²) in [6.45, 7) is 5.15. The van der Waals surface area contributed by atoms with Crippen molar-refractivity contribution in [2.45, 2.75) is 44.8 Å². The Morgan fingerprint density at radius 3 is 2.66 bits per heavy atom. The summed E-state index contributed by atoms with van der Waals surface area (Å²) in [5, 5.41) is 3.11. The van der Waals surface area contributed by atoms with Crippen molar-refractivity contribution in [3.8, 4) is 0 Å². The molecule has 1 N–H and O–H groups in total. The molecule has 29 heavy (non-hydrogen) atoms. The maximum absolute atomic E-state index is 12.8. The van der Waals surface area contributed by atoms with Crippen molar-refractivity contribution in [1.82, 2.24) is 10.2 Å². The van der Waals surface area contributed by atoms with Crippen LogP contribution in [0.3, 0.4) is 0 Å². The molecule has 2 aliphatic rings. The normalized spacial score (nSPS) is 20.4. The summed E-state index contributed by atoms with van der Waals surface area (Å²) in [7, 11) is 0. The second-order valence-corrected chi connectivity index (χ2v) is 8.12. The number of benzene rings is 2. The average Bonchev–Trinajstić information content (AvgIpc) is 2.74. The zero-order valence-electron chi connectivity index (χ0n) is 16.9. The van der Waals surface area contributed by atoms with E-state index in [2.05, 4.69) is 10.2 Å². The van der Waals surface area contributed by atoms with Crippen LogP contribution in [0.4, 0.5) is 0 Å². The number of hydrogen-bond acceptors (Lipinski definition) is 4. The van der Waals surface area contributed by atoms with Crippen LogP contribution in [0.2, 0.25) is 0 Å². The van der Waals surface area contributed by atoms with E-state index in [0.29, 0.717) is 17.5 Å². The molecule has 0 radical (unpaired) electrons. The predicted octanol–water partition coefficient (Wildman–Crippen LogP) is 3.75. The van der Waals surface area contributed by atoms with Gasteiger partial charge in [0.1, 0.15) is 6.10 Å². The fourth-order valence-electron chi connectivity index (χ4n) is 4.27. The molecule has 2 atom stereocenters. The van der Waals surface area contributed by atoms with Gasteiger partial charge in [0.25, 0.3) is 5.91 Å². The smallest absolute Gasteiger partial charge is 0.339 e. The third-order valence-corrected chi connectivity index (χ3v) is 5.77. The second kappa shape index (κ2) is 8.78. The van der Waals surface area contributed by atoms with Crippen LogP contribution in [0, 0.1) is 0 Å². The first-order valence-corrected chi connectivity index (χ1v) is 10.5. The number of amides is 1. The van der Waals surface area contributed by atoms with Crippen LogP contribution in [0.5, 0.6) is 0 Å². The van der Waals surface area contributed by atoms with Crippen molar-refractivity contribution in [3.05, 3.63) is 70.8 Å². The largest absolute Gasteiger partial charge is 0.454 e. The van der Waals surface area contributed by atoms with Crippen LogP contribution in [0.15, 0.2) is 48.5 Å². The van der Waals surface area contributed by atoms with E-state index in [1.807, 2.05) is 43.3 Å². The summed E-state index contributed by atoms with van der Waals surface area (Å²) >= 11 is 0. The minimum Gasteiger partial charge on any atom is -0.454 e. The highest BCUT2D eigenvalue weighted by Gasteiger charge is 2.28. The van der Waals surface area contributed by atoms with E-state index in [4.69, 9.17) is 4.74 Å². The molecule has 152 valence electrons. The SMILES string of the molecule is CC(CN1CCCCC1)NC(=O)c1ccc2c(c1)CC(c1ccccc1)OC2=O. The fourth-order valence-corrected chi connectivity index (χ4v) is 4.27. The summed E-state index contributed by atoms with van der Waals surface area (Å²) < 4.78 is 5.60. The second-order valence-electron chi connectivity index (χ2n) is 8.12. The highest BCUT2D eigenvalue weighted by molar-refractivity contribution is 5.97. The molecule has 2 aromatic carbocycles. The Balaban J connectivity index is 1.44. The number of esters is 1. The van der Waals surface area contributed by atoms with E-state index in [9.17, 15) is 9.59 Å². The number of likely N-dealkylation sites (tertiary alicyclic amines) is 1. The Bertz CT molecular complexity index is 875. The minimum absolute atomic E-state index is 0.0821. The maximum atomic E-state index is 12.8. The van der Waals surface area contributed by atoms with Gasteiger partial charge in [0, 0.05) is 24.6 Å². The maximum Gasteiger partial charge on any atom is 0.339 e. The molecular formula is C24H28N2O3. The number of carbonyl (C=O) groups is 2. The van der Waals surface area contributed by atoms with Crippen molar-refractivity contribution in [3.63, 3.8) is 0 Å². The number of carbonyl (C=O) groups excluding carboxylic acids is 2. The fraction of sp³-hybridized carbons (Fsp3) is 0.417. The van der Waals surface area contributed by atoms with Crippen LogP contribution < -0.4 is 5.32 Å². The van der Waals surface area contributed by atoms with Crippen LogP contribution in [0.1, 0.15) is 64.1 Å².